The van der Waals surface area contributed by atoms with E-state index in [1.165, 1.54) is 12.1 Å². The number of hydrogen-bond acceptors (Lipinski definition) is 1. The number of hydrogen-bond donors (Lipinski definition) is 1. The van der Waals surface area contributed by atoms with Gasteiger partial charge in [-0.05, 0) is 24.1 Å². The molecule has 0 radical (unpaired) electrons. The highest BCUT2D eigenvalue weighted by Crippen LogP contribution is 2.22. The molecule has 0 bridgehead atoms. The van der Waals surface area contributed by atoms with Crippen LogP contribution in [0.25, 0.3) is 0 Å². The Kier molecular flexibility index (Phi) is 3.47. The topological polar surface area (TPSA) is 37.3 Å². The molecular weight excluding hydrogens is 207 g/mol. The van der Waals surface area contributed by atoms with Crippen molar-refractivity contribution in [2.75, 3.05) is 0 Å². The molecule has 0 saturated carbocycles. The van der Waals surface area contributed by atoms with Gasteiger partial charge in [0.2, 0.25) is 0 Å². The highest BCUT2D eigenvalue weighted by atomic mass is 35.5. The highest BCUT2D eigenvalue weighted by Gasteiger charge is 2.12. The number of carboxylic acids is 1. The summed E-state index contributed by atoms with van der Waals surface area (Å²) in [5.74, 6) is -1.13. The summed E-state index contributed by atoms with van der Waals surface area (Å²) in [6, 6.07) is 4.51. The van der Waals surface area contributed by atoms with Gasteiger partial charge >= 0.3 is 5.97 Å². The Bertz CT molecular complexity index is 350. The van der Waals surface area contributed by atoms with E-state index in [1.54, 1.807) is 13.0 Å². The summed E-state index contributed by atoms with van der Waals surface area (Å²) in [6.07, 6.45) is 0. The minimum absolute atomic E-state index is 0.0162. The lowest BCUT2D eigenvalue weighted by molar-refractivity contribution is 0.0694. The van der Waals surface area contributed by atoms with Gasteiger partial charge in [-0.3, -0.25) is 0 Å². The first-order valence-electron chi connectivity index (χ1n) is 4.12. The summed E-state index contributed by atoms with van der Waals surface area (Å²) in [4.78, 5) is 10.7. The van der Waals surface area contributed by atoms with Crippen molar-refractivity contribution in [2.45, 2.75) is 19.0 Å². The van der Waals surface area contributed by atoms with Crippen LogP contribution in [0.3, 0.4) is 0 Å². The van der Waals surface area contributed by atoms with Gasteiger partial charge < -0.3 is 5.11 Å². The van der Waals surface area contributed by atoms with Gasteiger partial charge in [-0.15, -0.1) is 11.6 Å². The second-order valence-electron chi connectivity index (χ2n) is 2.97. The van der Waals surface area contributed by atoms with Gasteiger partial charge in [0.15, 0.2) is 0 Å². The molecule has 1 aromatic rings. The van der Waals surface area contributed by atoms with Crippen LogP contribution in [0.5, 0.6) is 0 Å². The molecule has 2 nitrogen and oxygen atoms in total. The third kappa shape index (κ3) is 2.23. The molecule has 0 aliphatic heterocycles. The van der Waals surface area contributed by atoms with E-state index in [1.807, 2.05) is 0 Å². The molecule has 0 saturated heterocycles. The van der Waals surface area contributed by atoms with Crippen LogP contribution in [0.4, 0.5) is 4.39 Å². The predicted octanol–water partition coefficient (Wildman–Crippen LogP) is 3.15. The summed E-state index contributed by atoms with van der Waals surface area (Å²) < 4.78 is 12.4. The van der Waals surface area contributed by atoms with Crippen molar-refractivity contribution < 1.29 is 14.3 Å². The van der Waals surface area contributed by atoms with E-state index in [-0.39, 0.29) is 16.5 Å². The number of benzene rings is 1. The molecule has 1 N–H and O–H groups in total. The summed E-state index contributed by atoms with van der Waals surface area (Å²) in [5.41, 5.74) is 0.845. The molecule has 76 valence electrons. The molecule has 1 rings (SSSR count). The molecule has 1 aromatic carbocycles. The van der Waals surface area contributed by atoms with Crippen molar-refractivity contribution in [1.82, 2.24) is 0 Å². The average Bonchev–Trinajstić information content (AvgIpc) is 2.16. The molecule has 0 amide bonds. The fourth-order valence-electron chi connectivity index (χ4n) is 1.16. The second-order valence-corrected chi connectivity index (χ2v) is 3.63. The van der Waals surface area contributed by atoms with Crippen LogP contribution in [-0.4, -0.2) is 11.1 Å². The summed E-state index contributed by atoms with van der Waals surface area (Å²) in [6.45, 7) is 0.955. The van der Waals surface area contributed by atoms with Gasteiger partial charge in [0.05, 0.1) is 10.9 Å². The normalized spacial score (nSPS) is 12.5. The largest absolute Gasteiger partial charge is 0.478 e. The first kappa shape index (κ1) is 11.0. The van der Waals surface area contributed by atoms with Crippen LogP contribution in [0.2, 0.25) is 0 Å². The van der Waals surface area contributed by atoms with Crippen molar-refractivity contribution >= 4 is 17.6 Å². The monoisotopic (exact) mass is 216 g/mol. The first-order valence-corrected chi connectivity index (χ1v) is 4.56. The first-order chi connectivity index (χ1) is 6.56. The SMILES string of the molecule is CC(Cl)c1ccc(CF)c(C(=O)O)c1. The number of aromatic carboxylic acids is 1. The molecule has 0 heterocycles. The predicted molar refractivity (Wildman–Crippen MR) is 52.5 cm³/mol. The van der Waals surface area contributed by atoms with Crippen molar-refractivity contribution in [1.29, 1.82) is 0 Å². The van der Waals surface area contributed by atoms with Gasteiger partial charge in [-0.1, -0.05) is 12.1 Å². The maximum atomic E-state index is 12.4. The molecule has 0 fully saturated rings. The van der Waals surface area contributed by atoms with E-state index in [2.05, 4.69) is 0 Å². The fourth-order valence-corrected chi connectivity index (χ4v) is 1.29. The standard InChI is InChI=1S/C10H10ClFO2/c1-6(11)7-2-3-8(5-12)9(4-7)10(13)14/h2-4,6H,5H2,1H3,(H,13,14). The van der Waals surface area contributed by atoms with E-state index < -0.39 is 12.6 Å². The van der Waals surface area contributed by atoms with Crippen molar-refractivity contribution in [2.24, 2.45) is 0 Å². The van der Waals surface area contributed by atoms with E-state index in [0.29, 0.717) is 5.56 Å². The van der Waals surface area contributed by atoms with Gasteiger partial charge in [-0.2, -0.15) is 0 Å². The highest BCUT2D eigenvalue weighted by molar-refractivity contribution is 6.20. The number of carbonyl (C=O) groups is 1. The van der Waals surface area contributed by atoms with Crippen LogP contribution < -0.4 is 0 Å². The minimum Gasteiger partial charge on any atom is -0.478 e. The van der Waals surface area contributed by atoms with Crippen LogP contribution >= 0.6 is 11.6 Å². The average molecular weight is 217 g/mol. The Labute approximate surface area is 86.3 Å². The number of carboxylic acid groups (broad SMARTS) is 1. The van der Waals surface area contributed by atoms with Crippen LogP contribution in [-0.2, 0) is 6.67 Å². The molecule has 0 aliphatic carbocycles. The Morgan fingerprint density at radius 1 is 1.64 bits per heavy atom. The third-order valence-corrected chi connectivity index (χ3v) is 2.22. The molecule has 0 aromatic heterocycles. The number of alkyl halides is 2. The van der Waals surface area contributed by atoms with Crippen LogP contribution in [0, 0.1) is 0 Å². The Balaban J connectivity index is 3.21. The van der Waals surface area contributed by atoms with E-state index in [9.17, 15) is 9.18 Å². The van der Waals surface area contributed by atoms with Gasteiger partial charge in [0, 0.05) is 0 Å². The Morgan fingerprint density at radius 3 is 2.71 bits per heavy atom. The molecule has 1 atom stereocenters. The molecule has 1 unspecified atom stereocenters. The van der Waals surface area contributed by atoms with Crippen LogP contribution in [0.1, 0.15) is 33.8 Å². The van der Waals surface area contributed by atoms with E-state index in [0.717, 1.165) is 0 Å². The quantitative estimate of drug-likeness (QED) is 0.788. The van der Waals surface area contributed by atoms with E-state index in [4.69, 9.17) is 16.7 Å². The lowest BCUT2D eigenvalue weighted by atomic mass is 10.0. The zero-order chi connectivity index (χ0) is 10.7. The van der Waals surface area contributed by atoms with Gasteiger partial charge in [0.25, 0.3) is 0 Å². The molecule has 0 aliphatic rings. The third-order valence-electron chi connectivity index (χ3n) is 1.97. The number of halogens is 2. The zero-order valence-electron chi connectivity index (χ0n) is 7.63. The molecular formula is C10H10ClFO2. The van der Waals surface area contributed by atoms with Crippen molar-refractivity contribution in [3.05, 3.63) is 34.9 Å². The summed E-state index contributed by atoms with van der Waals surface area (Å²) in [7, 11) is 0. The maximum absolute atomic E-state index is 12.4. The smallest absolute Gasteiger partial charge is 0.336 e. The van der Waals surface area contributed by atoms with Gasteiger partial charge in [0.1, 0.15) is 6.67 Å². The minimum atomic E-state index is -1.13. The molecule has 14 heavy (non-hydrogen) atoms. The molecule has 4 heteroatoms. The molecule has 0 spiro atoms. The summed E-state index contributed by atoms with van der Waals surface area (Å²) in [5, 5.41) is 8.52. The zero-order valence-corrected chi connectivity index (χ0v) is 8.38. The fraction of sp³-hybridized carbons (Fsp3) is 0.300. The second kappa shape index (κ2) is 4.42. The summed E-state index contributed by atoms with van der Waals surface area (Å²) >= 11 is 5.79. The lowest BCUT2D eigenvalue weighted by Crippen LogP contribution is -2.02. The van der Waals surface area contributed by atoms with Crippen molar-refractivity contribution in [3.8, 4) is 0 Å². The van der Waals surface area contributed by atoms with E-state index >= 15 is 0 Å². The Hall–Kier alpha value is -1.09. The van der Waals surface area contributed by atoms with Crippen LogP contribution in [0.15, 0.2) is 18.2 Å². The Morgan fingerprint density at radius 2 is 2.29 bits per heavy atom. The maximum Gasteiger partial charge on any atom is 0.336 e. The number of rotatable bonds is 3. The van der Waals surface area contributed by atoms with Gasteiger partial charge in [-0.25, -0.2) is 9.18 Å². The lowest BCUT2D eigenvalue weighted by Gasteiger charge is -2.07. The van der Waals surface area contributed by atoms with Crippen molar-refractivity contribution in [3.63, 3.8) is 0 Å².